The lowest BCUT2D eigenvalue weighted by molar-refractivity contribution is 0.0649. The predicted octanol–water partition coefficient (Wildman–Crippen LogP) is 4.29. The van der Waals surface area contributed by atoms with Crippen molar-refractivity contribution in [3.8, 4) is 0 Å². The van der Waals surface area contributed by atoms with Crippen molar-refractivity contribution in [1.82, 2.24) is 14.7 Å². The van der Waals surface area contributed by atoms with Crippen molar-refractivity contribution in [3.05, 3.63) is 99.0 Å². The van der Waals surface area contributed by atoms with Crippen molar-refractivity contribution in [2.24, 2.45) is 0 Å². The van der Waals surface area contributed by atoms with Crippen LogP contribution in [0.3, 0.4) is 0 Å². The van der Waals surface area contributed by atoms with E-state index in [2.05, 4.69) is 54.5 Å². The molecule has 154 valence electrons. The quantitative estimate of drug-likeness (QED) is 0.619. The number of rotatable bonds is 6. The molecule has 0 spiro atoms. The fraction of sp³-hybridized carbons (Fsp3) is 0.320. The van der Waals surface area contributed by atoms with Gasteiger partial charge in [0.25, 0.3) is 11.5 Å². The Morgan fingerprint density at radius 3 is 2.63 bits per heavy atom. The summed E-state index contributed by atoms with van der Waals surface area (Å²) in [7, 11) is 0. The van der Waals surface area contributed by atoms with Crippen LogP contribution in [0.15, 0.2) is 65.5 Å². The van der Waals surface area contributed by atoms with Crippen LogP contribution >= 0.6 is 0 Å². The summed E-state index contributed by atoms with van der Waals surface area (Å²) in [6, 6.07) is 19.6. The minimum absolute atomic E-state index is 0.00311. The molecular weight excluding hydrogens is 374 g/mol. The SMILES string of the molecule is CCCn1nc(C(=O)N(Cc2ccc(C)cc2)C2CCc3ccccc32)ccc1=O. The number of aromatic nitrogens is 2. The molecule has 1 aliphatic carbocycles. The highest BCUT2D eigenvalue weighted by Gasteiger charge is 2.32. The van der Waals surface area contributed by atoms with Gasteiger partial charge in [0.2, 0.25) is 0 Å². The lowest BCUT2D eigenvalue weighted by Gasteiger charge is -2.30. The van der Waals surface area contributed by atoms with E-state index in [0.29, 0.717) is 18.8 Å². The minimum atomic E-state index is -0.176. The number of aryl methyl sites for hydroxylation is 3. The van der Waals surface area contributed by atoms with Gasteiger partial charge in [0.05, 0.1) is 6.04 Å². The van der Waals surface area contributed by atoms with Gasteiger partial charge in [0, 0.05) is 19.2 Å². The third-order valence-electron chi connectivity index (χ3n) is 5.73. The van der Waals surface area contributed by atoms with E-state index in [1.54, 1.807) is 6.07 Å². The summed E-state index contributed by atoms with van der Waals surface area (Å²) in [5.41, 5.74) is 4.92. The van der Waals surface area contributed by atoms with Gasteiger partial charge in [-0.1, -0.05) is 61.0 Å². The number of carbonyl (C=O) groups excluding carboxylic acids is 1. The molecule has 2 aromatic carbocycles. The molecule has 4 rings (SSSR count). The summed E-state index contributed by atoms with van der Waals surface area (Å²) in [4.78, 5) is 27.6. The van der Waals surface area contributed by atoms with Crippen LogP contribution in [0.1, 0.15) is 58.5 Å². The zero-order valence-corrected chi connectivity index (χ0v) is 17.5. The molecule has 1 unspecified atom stereocenters. The van der Waals surface area contributed by atoms with Gasteiger partial charge in [-0.2, -0.15) is 5.10 Å². The van der Waals surface area contributed by atoms with Crippen molar-refractivity contribution >= 4 is 5.91 Å². The van der Waals surface area contributed by atoms with Crippen molar-refractivity contribution in [2.45, 2.75) is 52.2 Å². The Morgan fingerprint density at radius 2 is 1.87 bits per heavy atom. The maximum Gasteiger partial charge on any atom is 0.275 e. The molecule has 0 aliphatic heterocycles. The summed E-state index contributed by atoms with van der Waals surface area (Å²) in [5, 5.41) is 4.38. The summed E-state index contributed by atoms with van der Waals surface area (Å²) < 4.78 is 1.39. The number of benzene rings is 2. The largest absolute Gasteiger partial charge is 0.326 e. The molecule has 0 N–H and O–H groups in total. The number of hydrogen-bond acceptors (Lipinski definition) is 3. The van der Waals surface area contributed by atoms with E-state index in [9.17, 15) is 9.59 Å². The van der Waals surface area contributed by atoms with Crippen LogP contribution in [0.4, 0.5) is 0 Å². The van der Waals surface area contributed by atoms with Crippen LogP contribution in [-0.2, 0) is 19.5 Å². The van der Waals surface area contributed by atoms with E-state index in [1.807, 2.05) is 17.9 Å². The second kappa shape index (κ2) is 8.66. The van der Waals surface area contributed by atoms with Crippen LogP contribution in [0, 0.1) is 6.92 Å². The Balaban J connectivity index is 1.71. The molecule has 3 aromatic rings. The maximum atomic E-state index is 13.6. The Morgan fingerprint density at radius 1 is 1.10 bits per heavy atom. The average Bonchev–Trinajstić information content (AvgIpc) is 3.18. The standard InChI is InChI=1S/C25H27N3O2/c1-3-16-28-24(29)15-13-22(26-28)25(30)27(17-19-10-8-18(2)9-11-19)23-14-12-20-6-4-5-7-21(20)23/h4-11,13,15,23H,3,12,14,16-17H2,1-2H3. The highest BCUT2D eigenvalue weighted by molar-refractivity contribution is 5.92. The molecule has 1 amide bonds. The van der Waals surface area contributed by atoms with Crippen LogP contribution in [0.5, 0.6) is 0 Å². The third-order valence-corrected chi connectivity index (χ3v) is 5.73. The topological polar surface area (TPSA) is 55.2 Å². The van der Waals surface area contributed by atoms with Gasteiger partial charge in [-0.05, 0) is 48.9 Å². The molecule has 1 aromatic heterocycles. The summed E-state index contributed by atoms with van der Waals surface area (Å²) in [5.74, 6) is -0.137. The van der Waals surface area contributed by atoms with Gasteiger partial charge < -0.3 is 4.90 Å². The lowest BCUT2D eigenvalue weighted by atomic mass is 10.0. The zero-order valence-electron chi connectivity index (χ0n) is 17.5. The second-order valence-corrected chi connectivity index (χ2v) is 7.95. The maximum absolute atomic E-state index is 13.6. The highest BCUT2D eigenvalue weighted by Crippen LogP contribution is 2.37. The van der Waals surface area contributed by atoms with Crippen LogP contribution in [0.2, 0.25) is 0 Å². The van der Waals surface area contributed by atoms with Crippen LogP contribution < -0.4 is 5.56 Å². The summed E-state index contributed by atoms with van der Waals surface area (Å²) in [6.07, 6.45) is 2.64. The van der Waals surface area contributed by atoms with Crippen LogP contribution in [0.25, 0.3) is 0 Å². The van der Waals surface area contributed by atoms with E-state index in [-0.39, 0.29) is 17.5 Å². The van der Waals surface area contributed by atoms with E-state index in [1.165, 1.54) is 27.4 Å². The first-order valence-corrected chi connectivity index (χ1v) is 10.6. The number of fused-ring (bicyclic) bond motifs is 1. The zero-order chi connectivity index (χ0) is 21.1. The Labute approximate surface area is 177 Å². The molecule has 5 heteroatoms. The smallest absolute Gasteiger partial charge is 0.275 e. The van der Waals surface area contributed by atoms with Crippen molar-refractivity contribution in [2.75, 3.05) is 0 Å². The lowest BCUT2D eigenvalue weighted by Crippen LogP contribution is -2.36. The highest BCUT2D eigenvalue weighted by atomic mass is 16.2. The molecule has 1 atom stereocenters. The van der Waals surface area contributed by atoms with Gasteiger partial charge in [0.15, 0.2) is 0 Å². The number of carbonyl (C=O) groups is 1. The first kappa shape index (κ1) is 20.1. The summed E-state index contributed by atoms with van der Waals surface area (Å²) >= 11 is 0. The van der Waals surface area contributed by atoms with E-state index in [4.69, 9.17) is 0 Å². The first-order chi connectivity index (χ1) is 14.6. The molecule has 0 bridgehead atoms. The van der Waals surface area contributed by atoms with E-state index >= 15 is 0 Å². The molecule has 0 radical (unpaired) electrons. The fourth-order valence-corrected chi connectivity index (χ4v) is 4.15. The Bertz CT molecular complexity index is 1100. The van der Waals surface area contributed by atoms with Crippen LogP contribution in [-0.4, -0.2) is 20.6 Å². The molecule has 1 aliphatic rings. The number of hydrogen-bond donors (Lipinski definition) is 0. The van der Waals surface area contributed by atoms with Gasteiger partial charge >= 0.3 is 0 Å². The number of amides is 1. The van der Waals surface area contributed by atoms with Gasteiger partial charge in [-0.15, -0.1) is 0 Å². The Hall–Kier alpha value is -3.21. The number of nitrogens with zero attached hydrogens (tertiary/aromatic N) is 3. The van der Waals surface area contributed by atoms with E-state index in [0.717, 1.165) is 24.8 Å². The van der Waals surface area contributed by atoms with Gasteiger partial charge in [-0.25, -0.2) is 4.68 Å². The molecule has 0 saturated heterocycles. The van der Waals surface area contributed by atoms with Crippen molar-refractivity contribution in [3.63, 3.8) is 0 Å². The molecule has 1 heterocycles. The second-order valence-electron chi connectivity index (χ2n) is 7.95. The van der Waals surface area contributed by atoms with Gasteiger partial charge in [-0.3, -0.25) is 9.59 Å². The van der Waals surface area contributed by atoms with E-state index < -0.39 is 0 Å². The average molecular weight is 402 g/mol. The molecule has 0 saturated carbocycles. The van der Waals surface area contributed by atoms with Gasteiger partial charge in [0.1, 0.15) is 5.69 Å². The minimum Gasteiger partial charge on any atom is -0.326 e. The molecule has 5 nitrogen and oxygen atoms in total. The third kappa shape index (κ3) is 4.06. The molecule has 30 heavy (non-hydrogen) atoms. The predicted molar refractivity (Wildman–Crippen MR) is 117 cm³/mol. The van der Waals surface area contributed by atoms with Crippen molar-refractivity contribution in [1.29, 1.82) is 0 Å². The molecular formula is C25H27N3O2. The first-order valence-electron chi connectivity index (χ1n) is 10.6. The summed E-state index contributed by atoms with van der Waals surface area (Å²) in [6.45, 7) is 5.06. The fourth-order valence-electron chi connectivity index (χ4n) is 4.15. The monoisotopic (exact) mass is 401 g/mol. The molecule has 0 fully saturated rings. The normalized spacial score (nSPS) is 15.1. The Kier molecular flexibility index (Phi) is 5.79. The van der Waals surface area contributed by atoms with Crippen molar-refractivity contribution < 1.29 is 4.79 Å².